The molecule has 0 aliphatic carbocycles. The number of carbonyl (C=O) groups is 2. The quantitative estimate of drug-likeness (QED) is 0.796. The van der Waals surface area contributed by atoms with Crippen LogP contribution in [0.1, 0.15) is 11.1 Å². The number of hydrogen-bond acceptors (Lipinski definition) is 3. The van der Waals surface area contributed by atoms with E-state index in [0.717, 1.165) is 11.1 Å². The van der Waals surface area contributed by atoms with Crippen LogP contribution in [0.5, 0.6) is 5.75 Å². The van der Waals surface area contributed by atoms with Gasteiger partial charge in [-0.3, -0.25) is 10.1 Å². The smallest absolute Gasteiger partial charge is 0.318 e. The van der Waals surface area contributed by atoms with Crippen LogP contribution in [0.2, 0.25) is 0 Å². The lowest BCUT2D eigenvalue weighted by Crippen LogP contribution is -2.38. The number of carbonyl (C=O) groups excluding carboxylic acids is 2. The minimum atomic E-state index is -0.880. The highest BCUT2D eigenvalue weighted by atomic mass is 16.5. The van der Waals surface area contributed by atoms with Gasteiger partial charge in [-0.15, -0.1) is 0 Å². The molecule has 0 radical (unpaired) electrons. The van der Waals surface area contributed by atoms with Gasteiger partial charge >= 0.3 is 6.03 Å². The van der Waals surface area contributed by atoms with Gasteiger partial charge in [-0.25, -0.2) is 4.79 Å². The monoisotopic (exact) mass is 222 g/mol. The Morgan fingerprint density at radius 1 is 1.31 bits per heavy atom. The molecule has 86 valence electrons. The van der Waals surface area contributed by atoms with Crippen molar-refractivity contribution in [2.45, 2.75) is 13.8 Å². The maximum atomic E-state index is 11.1. The van der Waals surface area contributed by atoms with Crippen molar-refractivity contribution in [2.24, 2.45) is 5.73 Å². The number of hydrogen-bond donors (Lipinski definition) is 2. The average Bonchev–Trinajstić information content (AvgIpc) is 2.15. The molecule has 0 heterocycles. The van der Waals surface area contributed by atoms with E-state index in [2.05, 4.69) is 0 Å². The fourth-order valence-corrected chi connectivity index (χ4v) is 1.34. The van der Waals surface area contributed by atoms with Crippen LogP contribution in [0.4, 0.5) is 4.79 Å². The molecule has 5 heteroatoms. The standard InChI is InChI=1S/C11H14N2O3/c1-7-4-3-5-8(2)10(7)16-6-9(14)13-11(12)15/h3-5H,6H2,1-2H3,(H3,12,13,14,15). The Kier molecular flexibility index (Phi) is 3.88. The van der Waals surface area contributed by atoms with E-state index in [-0.39, 0.29) is 6.61 Å². The summed E-state index contributed by atoms with van der Waals surface area (Å²) in [5, 5.41) is 1.93. The summed E-state index contributed by atoms with van der Waals surface area (Å²) in [6.07, 6.45) is 0. The van der Waals surface area contributed by atoms with E-state index < -0.39 is 11.9 Å². The zero-order valence-electron chi connectivity index (χ0n) is 9.24. The Balaban J connectivity index is 2.61. The number of benzene rings is 1. The van der Waals surface area contributed by atoms with E-state index in [0.29, 0.717) is 5.75 Å². The second-order valence-corrected chi connectivity index (χ2v) is 3.42. The predicted octanol–water partition coefficient (Wildman–Crippen LogP) is 0.877. The first-order valence-corrected chi connectivity index (χ1v) is 4.79. The van der Waals surface area contributed by atoms with Gasteiger partial charge in [0.2, 0.25) is 0 Å². The van der Waals surface area contributed by atoms with Crippen LogP contribution < -0.4 is 15.8 Å². The molecule has 1 rings (SSSR count). The highest BCUT2D eigenvalue weighted by Gasteiger charge is 2.08. The Morgan fingerprint density at radius 3 is 2.38 bits per heavy atom. The number of urea groups is 1. The van der Waals surface area contributed by atoms with Gasteiger partial charge in [0.1, 0.15) is 5.75 Å². The summed E-state index contributed by atoms with van der Waals surface area (Å²) in [4.78, 5) is 21.5. The Morgan fingerprint density at radius 2 is 1.88 bits per heavy atom. The summed E-state index contributed by atoms with van der Waals surface area (Å²) in [5.74, 6) is 0.0947. The first kappa shape index (κ1) is 12.0. The average molecular weight is 222 g/mol. The van der Waals surface area contributed by atoms with Gasteiger partial charge in [-0.05, 0) is 25.0 Å². The number of aryl methyl sites for hydroxylation is 2. The van der Waals surface area contributed by atoms with E-state index >= 15 is 0 Å². The minimum Gasteiger partial charge on any atom is -0.483 e. The molecular weight excluding hydrogens is 208 g/mol. The Bertz CT molecular complexity index is 395. The molecule has 0 spiro atoms. The maximum absolute atomic E-state index is 11.1. The number of ether oxygens (including phenoxy) is 1. The molecule has 0 atom stereocenters. The second kappa shape index (κ2) is 5.16. The number of amides is 3. The summed E-state index contributed by atoms with van der Waals surface area (Å²) < 4.78 is 5.31. The Hall–Kier alpha value is -2.04. The second-order valence-electron chi connectivity index (χ2n) is 3.42. The molecule has 0 saturated carbocycles. The zero-order valence-corrected chi connectivity index (χ0v) is 9.24. The van der Waals surface area contributed by atoms with Crippen molar-refractivity contribution in [3.63, 3.8) is 0 Å². The largest absolute Gasteiger partial charge is 0.483 e. The van der Waals surface area contributed by atoms with Crippen molar-refractivity contribution in [3.05, 3.63) is 29.3 Å². The fourth-order valence-electron chi connectivity index (χ4n) is 1.34. The maximum Gasteiger partial charge on any atom is 0.318 e. The molecule has 3 amide bonds. The topological polar surface area (TPSA) is 81.4 Å². The van der Waals surface area contributed by atoms with Crippen LogP contribution in [0.15, 0.2) is 18.2 Å². The van der Waals surface area contributed by atoms with Crippen LogP contribution in [0.25, 0.3) is 0 Å². The lowest BCUT2D eigenvalue weighted by atomic mass is 10.1. The molecule has 5 nitrogen and oxygen atoms in total. The van der Waals surface area contributed by atoms with Gasteiger partial charge in [0.25, 0.3) is 5.91 Å². The molecule has 1 aromatic rings. The third-order valence-corrected chi connectivity index (χ3v) is 2.02. The van der Waals surface area contributed by atoms with Crippen molar-refractivity contribution in [3.8, 4) is 5.75 Å². The van der Waals surface area contributed by atoms with Crippen LogP contribution >= 0.6 is 0 Å². The summed E-state index contributed by atoms with van der Waals surface area (Å²) in [5.41, 5.74) is 6.67. The number of nitrogens with one attached hydrogen (secondary N) is 1. The summed E-state index contributed by atoms with van der Waals surface area (Å²) in [6, 6.07) is 4.79. The third-order valence-electron chi connectivity index (χ3n) is 2.02. The van der Waals surface area contributed by atoms with Gasteiger partial charge in [0.15, 0.2) is 6.61 Å². The van der Waals surface area contributed by atoms with Gasteiger partial charge in [0, 0.05) is 0 Å². The molecule has 16 heavy (non-hydrogen) atoms. The van der Waals surface area contributed by atoms with Gasteiger partial charge in [-0.1, -0.05) is 18.2 Å². The number of para-hydroxylation sites is 1. The van der Waals surface area contributed by atoms with Crippen LogP contribution in [0, 0.1) is 13.8 Å². The first-order chi connectivity index (χ1) is 7.50. The van der Waals surface area contributed by atoms with Crippen molar-refractivity contribution in [1.29, 1.82) is 0 Å². The van der Waals surface area contributed by atoms with Crippen LogP contribution in [-0.4, -0.2) is 18.5 Å². The fraction of sp³-hybridized carbons (Fsp3) is 0.273. The first-order valence-electron chi connectivity index (χ1n) is 4.79. The molecule has 1 aromatic carbocycles. The van der Waals surface area contributed by atoms with Crippen molar-refractivity contribution in [1.82, 2.24) is 5.32 Å². The molecular formula is C11H14N2O3. The number of rotatable bonds is 3. The zero-order chi connectivity index (χ0) is 12.1. The summed E-state index contributed by atoms with van der Waals surface area (Å²) in [7, 11) is 0. The van der Waals surface area contributed by atoms with Crippen molar-refractivity contribution >= 4 is 11.9 Å². The van der Waals surface area contributed by atoms with E-state index in [1.807, 2.05) is 37.4 Å². The minimum absolute atomic E-state index is 0.228. The molecule has 0 bridgehead atoms. The third kappa shape index (κ3) is 3.27. The van der Waals surface area contributed by atoms with Crippen molar-refractivity contribution in [2.75, 3.05) is 6.61 Å². The lowest BCUT2D eigenvalue weighted by molar-refractivity contribution is -0.121. The molecule has 0 aliphatic heterocycles. The summed E-state index contributed by atoms with van der Waals surface area (Å²) >= 11 is 0. The molecule has 0 aliphatic rings. The summed E-state index contributed by atoms with van der Waals surface area (Å²) in [6.45, 7) is 3.54. The van der Waals surface area contributed by atoms with E-state index in [4.69, 9.17) is 10.5 Å². The lowest BCUT2D eigenvalue weighted by Gasteiger charge is -2.10. The van der Waals surface area contributed by atoms with Crippen LogP contribution in [-0.2, 0) is 4.79 Å². The molecule has 3 N–H and O–H groups in total. The van der Waals surface area contributed by atoms with Gasteiger partial charge in [0.05, 0.1) is 0 Å². The number of primary amides is 1. The number of nitrogens with two attached hydrogens (primary N) is 1. The normalized spacial score (nSPS) is 9.62. The van der Waals surface area contributed by atoms with E-state index in [1.54, 1.807) is 0 Å². The van der Waals surface area contributed by atoms with E-state index in [1.165, 1.54) is 0 Å². The van der Waals surface area contributed by atoms with Crippen LogP contribution in [0.3, 0.4) is 0 Å². The predicted molar refractivity (Wildman–Crippen MR) is 59.1 cm³/mol. The SMILES string of the molecule is Cc1cccc(C)c1OCC(=O)NC(N)=O. The molecule has 0 fully saturated rings. The number of imide groups is 1. The highest BCUT2D eigenvalue weighted by Crippen LogP contribution is 2.21. The van der Waals surface area contributed by atoms with Gasteiger partial charge in [-0.2, -0.15) is 0 Å². The Labute approximate surface area is 93.6 Å². The molecule has 0 aromatic heterocycles. The molecule has 0 unspecified atom stereocenters. The molecule has 0 saturated heterocycles. The van der Waals surface area contributed by atoms with Gasteiger partial charge < -0.3 is 10.5 Å². The van der Waals surface area contributed by atoms with Crippen molar-refractivity contribution < 1.29 is 14.3 Å². The highest BCUT2D eigenvalue weighted by molar-refractivity contribution is 5.94. The van der Waals surface area contributed by atoms with E-state index in [9.17, 15) is 9.59 Å².